The zero-order valence-corrected chi connectivity index (χ0v) is 9.40. The van der Waals surface area contributed by atoms with Crippen molar-refractivity contribution in [2.75, 3.05) is 0 Å². The van der Waals surface area contributed by atoms with Crippen molar-refractivity contribution in [3.05, 3.63) is 29.1 Å². The fraction of sp³-hybridized carbons (Fsp3) is 0.417. The summed E-state index contributed by atoms with van der Waals surface area (Å²) in [4.78, 5) is 10.9. The molecule has 0 aliphatic heterocycles. The van der Waals surface area contributed by atoms with Gasteiger partial charge in [0.1, 0.15) is 5.56 Å². The number of rotatable bonds is 3. The first kappa shape index (κ1) is 11.9. The second-order valence-corrected chi connectivity index (χ2v) is 4.60. The van der Waals surface area contributed by atoms with Crippen LogP contribution in [0.1, 0.15) is 35.7 Å². The summed E-state index contributed by atoms with van der Waals surface area (Å²) in [7, 11) is 0. The zero-order valence-electron chi connectivity index (χ0n) is 9.40. The van der Waals surface area contributed by atoms with Gasteiger partial charge in [-0.1, -0.05) is 0 Å². The topological polar surface area (TPSA) is 83.5 Å². The Morgan fingerprint density at radius 1 is 1.53 bits per heavy atom. The van der Waals surface area contributed by atoms with Crippen LogP contribution in [0.15, 0.2) is 12.1 Å². The summed E-state index contributed by atoms with van der Waals surface area (Å²) in [5.74, 6) is -3.07. The average molecular weight is 239 g/mol. The Morgan fingerprint density at radius 3 is 2.53 bits per heavy atom. The van der Waals surface area contributed by atoms with E-state index < -0.39 is 23.1 Å². The van der Waals surface area contributed by atoms with Gasteiger partial charge >= 0.3 is 5.97 Å². The molecular weight excluding hydrogens is 225 g/mol. The average Bonchev–Trinajstić information content (AvgIpc) is 3.02. The van der Waals surface area contributed by atoms with Crippen LogP contribution in [0.25, 0.3) is 0 Å². The van der Waals surface area contributed by atoms with Gasteiger partial charge in [0.05, 0.1) is 0 Å². The molecule has 0 amide bonds. The highest BCUT2D eigenvalue weighted by Gasteiger charge is 2.48. The summed E-state index contributed by atoms with van der Waals surface area (Å²) in [6, 6.07) is 2.32. The fourth-order valence-electron chi connectivity index (χ4n) is 2.19. The third-order valence-corrected chi connectivity index (χ3v) is 3.53. The molecule has 5 heteroatoms. The van der Waals surface area contributed by atoms with E-state index in [2.05, 4.69) is 0 Å². The molecule has 0 heterocycles. The molecule has 0 saturated heterocycles. The molecule has 2 rings (SSSR count). The second-order valence-electron chi connectivity index (χ2n) is 4.60. The summed E-state index contributed by atoms with van der Waals surface area (Å²) >= 11 is 0. The number of benzene rings is 1. The van der Waals surface area contributed by atoms with E-state index in [1.165, 1.54) is 12.1 Å². The van der Waals surface area contributed by atoms with Gasteiger partial charge in [-0.3, -0.25) is 0 Å². The number of aromatic hydroxyl groups is 1. The molecule has 1 atom stereocenters. The molecule has 92 valence electrons. The molecule has 1 fully saturated rings. The normalized spacial score (nSPS) is 18.8. The van der Waals surface area contributed by atoms with E-state index in [-0.39, 0.29) is 11.5 Å². The smallest absolute Gasteiger partial charge is 0.339 e. The van der Waals surface area contributed by atoms with Crippen LogP contribution in [0.4, 0.5) is 4.39 Å². The SMILES string of the molecule is CC(N)C1(c2cc(F)c(O)c(C(=O)O)c2)CC1. The van der Waals surface area contributed by atoms with Crippen molar-refractivity contribution in [2.24, 2.45) is 5.73 Å². The molecule has 0 bridgehead atoms. The second kappa shape index (κ2) is 3.70. The fourth-order valence-corrected chi connectivity index (χ4v) is 2.19. The lowest BCUT2D eigenvalue weighted by molar-refractivity contribution is 0.0692. The van der Waals surface area contributed by atoms with E-state index >= 15 is 0 Å². The minimum absolute atomic E-state index is 0.173. The number of hydrogen-bond acceptors (Lipinski definition) is 3. The molecule has 4 N–H and O–H groups in total. The van der Waals surface area contributed by atoms with Crippen LogP contribution in [0.5, 0.6) is 5.75 Å². The molecule has 1 aromatic rings. The predicted molar refractivity (Wildman–Crippen MR) is 59.6 cm³/mol. The molecule has 1 aliphatic rings. The molecule has 4 nitrogen and oxygen atoms in total. The quantitative estimate of drug-likeness (QED) is 0.748. The minimum Gasteiger partial charge on any atom is -0.504 e. The van der Waals surface area contributed by atoms with E-state index in [1.807, 2.05) is 6.92 Å². The third-order valence-electron chi connectivity index (χ3n) is 3.53. The van der Waals surface area contributed by atoms with Gasteiger partial charge in [0.15, 0.2) is 11.6 Å². The van der Waals surface area contributed by atoms with Crippen LogP contribution in [-0.4, -0.2) is 22.2 Å². The Hall–Kier alpha value is -1.62. The van der Waals surface area contributed by atoms with Crippen molar-refractivity contribution in [1.29, 1.82) is 0 Å². The zero-order chi connectivity index (χ0) is 12.8. The van der Waals surface area contributed by atoms with Gasteiger partial charge in [0, 0.05) is 11.5 Å². The summed E-state index contributed by atoms with van der Waals surface area (Å²) in [6.07, 6.45) is 1.63. The highest BCUT2D eigenvalue weighted by atomic mass is 19.1. The highest BCUT2D eigenvalue weighted by molar-refractivity contribution is 5.91. The van der Waals surface area contributed by atoms with Crippen LogP contribution in [0.2, 0.25) is 0 Å². The number of nitrogens with two attached hydrogens (primary N) is 1. The van der Waals surface area contributed by atoms with Crippen molar-refractivity contribution in [1.82, 2.24) is 0 Å². The van der Waals surface area contributed by atoms with E-state index in [0.29, 0.717) is 5.56 Å². The van der Waals surface area contributed by atoms with Crippen molar-refractivity contribution in [3.63, 3.8) is 0 Å². The minimum atomic E-state index is -1.34. The number of carboxylic acids is 1. The summed E-state index contributed by atoms with van der Waals surface area (Å²) < 4.78 is 13.5. The van der Waals surface area contributed by atoms with E-state index in [9.17, 15) is 14.3 Å². The number of hydrogen-bond donors (Lipinski definition) is 3. The standard InChI is InChI=1S/C12H14FNO3/c1-6(14)12(2-3-12)7-4-8(11(16)17)10(15)9(13)5-7/h4-6,15H,2-3,14H2,1H3,(H,16,17). The lowest BCUT2D eigenvalue weighted by Crippen LogP contribution is -2.31. The number of aromatic carboxylic acids is 1. The predicted octanol–water partition coefficient (Wildman–Crippen LogP) is 1.61. The molecule has 0 radical (unpaired) electrons. The maximum Gasteiger partial charge on any atom is 0.339 e. The van der Waals surface area contributed by atoms with Crippen LogP contribution in [0.3, 0.4) is 0 Å². The Kier molecular flexibility index (Phi) is 2.58. The first-order valence-electron chi connectivity index (χ1n) is 5.40. The number of halogens is 1. The molecule has 1 aromatic carbocycles. The van der Waals surface area contributed by atoms with E-state index in [0.717, 1.165) is 12.8 Å². The van der Waals surface area contributed by atoms with Crippen LogP contribution in [0, 0.1) is 5.82 Å². The Labute approximate surface area is 97.9 Å². The molecule has 1 unspecified atom stereocenters. The monoisotopic (exact) mass is 239 g/mol. The molecular formula is C12H14FNO3. The Bertz CT molecular complexity index is 481. The largest absolute Gasteiger partial charge is 0.504 e. The molecule has 1 saturated carbocycles. The summed E-state index contributed by atoms with van der Waals surface area (Å²) in [5.41, 5.74) is 5.66. The third kappa shape index (κ3) is 1.76. The van der Waals surface area contributed by atoms with Gasteiger partial charge < -0.3 is 15.9 Å². The lowest BCUT2D eigenvalue weighted by Gasteiger charge is -2.21. The Morgan fingerprint density at radius 2 is 2.12 bits per heavy atom. The first-order valence-corrected chi connectivity index (χ1v) is 5.40. The number of carbonyl (C=O) groups is 1. The van der Waals surface area contributed by atoms with Gasteiger partial charge in [-0.2, -0.15) is 0 Å². The van der Waals surface area contributed by atoms with Crippen molar-refractivity contribution < 1.29 is 19.4 Å². The van der Waals surface area contributed by atoms with Gasteiger partial charge in [-0.05, 0) is 37.5 Å². The maximum absolute atomic E-state index is 13.5. The molecule has 17 heavy (non-hydrogen) atoms. The summed E-state index contributed by atoms with van der Waals surface area (Å²) in [6.45, 7) is 1.82. The van der Waals surface area contributed by atoms with Crippen LogP contribution >= 0.6 is 0 Å². The maximum atomic E-state index is 13.5. The molecule has 0 aromatic heterocycles. The van der Waals surface area contributed by atoms with E-state index in [1.54, 1.807) is 0 Å². The molecule has 1 aliphatic carbocycles. The lowest BCUT2D eigenvalue weighted by atomic mass is 9.88. The summed E-state index contributed by atoms with van der Waals surface area (Å²) in [5, 5.41) is 18.2. The van der Waals surface area contributed by atoms with Gasteiger partial charge in [0.25, 0.3) is 0 Å². The van der Waals surface area contributed by atoms with Gasteiger partial charge in [0.2, 0.25) is 0 Å². The van der Waals surface area contributed by atoms with Crippen molar-refractivity contribution >= 4 is 5.97 Å². The molecule has 0 spiro atoms. The number of carboxylic acid groups (broad SMARTS) is 1. The van der Waals surface area contributed by atoms with Gasteiger partial charge in [-0.25, -0.2) is 9.18 Å². The van der Waals surface area contributed by atoms with Gasteiger partial charge in [-0.15, -0.1) is 0 Å². The van der Waals surface area contributed by atoms with Crippen molar-refractivity contribution in [3.8, 4) is 5.75 Å². The Balaban J connectivity index is 2.54. The van der Waals surface area contributed by atoms with E-state index in [4.69, 9.17) is 10.8 Å². The highest BCUT2D eigenvalue weighted by Crippen LogP contribution is 2.51. The number of phenols is 1. The van der Waals surface area contributed by atoms with Crippen LogP contribution < -0.4 is 5.73 Å². The van der Waals surface area contributed by atoms with Crippen molar-refractivity contribution in [2.45, 2.75) is 31.2 Å². The first-order chi connectivity index (χ1) is 7.88. The van der Waals surface area contributed by atoms with Crippen LogP contribution in [-0.2, 0) is 5.41 Å².